The van der Waals surface area contributed by atoms with Gasteiger partial charge in [-0.25, -0.2) is 4.98 Å². The molecule has 1 N–H and O–H groups in total. The van der Waals surface area contributed by atoms with Crippen LogP contribution in [-0.4, -0.2) is 16.1 Å². The van der Waals surface area contributed by atoms with Gasteiger partial charge in [-0.15, -0.1) is 0 Å². The number of furan rings is 1. The number of hydrogen-bond acceptors (Lipinski definition) is 3. The van der Waals surface area contributed by atoms with E-state index in [1.807, 2.05) is 31.6 Å². The molecule has 0 bridgehead atoms. The number of aryl methyl sites for hydroxylation is 1. The largest absolute Gasteiger partial charge is 0.467 e. The van der Waals surface area contributed by atoms with Crippen LogP contribution >= 0.6 is 0 Å². The Morgan fingerprint density at radius 1 is 1.50 bits per heavy atom. The lowest BCUT2D eigenvalue weighted by molar-refractivity contribution is 0.119. The molecular formula is C16H23N3O. The van der Waals surface area contributed by atoms with Gasteiger partial charge >= 0.3 is 0 Å². The molecule has 1 atom stereocenters. The Kier molecular flexibility index (Phi) is 3.66. The highest BCUT2D eigenvalue weighted by Crippen LogP contribution is 2.43. The van der Waals surface area contributed by atoms with Crippen molar-refractivity contribution in [1.82, 2.24) is 14.9 Å². The summed E-state index contributed by atoms with van der Waals surface area (Å²) < 4.78 is 7.66. The van der Waals surface area contributed by atoms with Gasteiger partial charge in [0, 0.05) is 26.0 Å². The maximum Gasteiger partial charge on any atom is 0.133 e. The number of imidazole rings is 1. The zero-order valence-electron chi connectivity index (χ0n) is 12.3. The number of hydrogen-bond donors (Lipinski definition) is 1. The Hall–Kier alpha value is -1.55. The average molecular weight is 273 g/mol. The standard InChI is InChI=1S/C16H23N3O/c1-3-16(7-5-8-16)12-18-14(13-6-4-11-20-13)15-17-9-10-19(15)2/h4,6,9-11,14,18H,3,5,7-8,12H2,1-2H3. The van der Waals surface area contributed by atoms with E-state index < -0.39 is 0 Å². The Balaban J connectivity index is 1.78. The molecule has 0 spiro atoms. The predicted octanol–water partition coefficient (Wildman–Crippen LogP) is 3.27. The SMILES string of the molecule is CCC1(CNC(c2ccco2)c2nccn2C)CCC1. The van der Waals surface area contributed by atoms with Gasteiger partial charge in [-0.2, -0.15) is 0 Å². The van der Waals surface area contributed by atoms with E-state index in [1.165, 1.54) is 25.7 Å². The molecule has 4 heteroatoms. The van der Waals surface area contributed by atoms with E-state index in [4.69, 9.17) is 4.42 Å². The molecule has 1 aliphatic carbocycles. The first-order valence-corrected chi connectivity index (χ1v) is 7.48. The van der Waals surface area contributed by atoms with Crippen LogP contribution in [0.25, 0.3) is 0 Å². The molecule has 0 amide bonds. The highest BCUT2D eigenvalue weighted by atomic mass is 16.3. The minimum Gasteiger partial charge on any atom is -0.467 e. The molecule has 108 valence electrons. The Morgan fingerprint density at radius 2 is 2.35 bits per heavy atom. The fraction of sp³-hybridized carbons (Fsp3) is 0.562. The lowest BCUT2D eigenvalue weighted by Gasteiger charge is -2.42. The molecule has 4 nitrogen and oxygen atoms in total. The van der Waals surface area contributed by atoms with Crippen LogP contribution in [0, 0.1) is 5.41 Å². The summed E-state index contributed by atoms with van der Waals surface area (Å²) in [5.41, 5.74) is 0.482. The van der Waals surface area contributed by atoms with E-state index in [2.05, 4.69) is 21.8 Å². The van der Waals surface area contributed by atoms with Crippen molar-refractivity contribution in [3.05, 3.63) is 42.4 Å². The topological polar surface area (TPSA) is 43.0 Å². The van der Waals surface area contributed by atoms with Crippen LogP contribution in [0.3, 0.4) is 0 Å². The highest BCUT2D eigenvalue weighted by molar-refractivity contribution is 5.16. The second-order valence-corrected chi connectivity index (χ2v) is 5.93. The molecule has 2 heterocycles. The zero-order chi connectivity index (χ0) is 14.0. The van der Waals surface area contributed by atoms with Crippen LogP contribution in [-0.2, 0) is 7.05 Å². The van der Waals surface area contributed by atoms with Gasteiger partial charge in [0.1, 0.15) is 17.6 Å². The third kappa shape index (κ3) is 2.40. The Bertz CT molecular complexity index is 534. The van der Waals surface area contributed by atoms with E-state index in [0.29, 0.717) is 5.41 Å². The lowest BCUT2D eigenvalue weighted by atomic mass is 9.67. The summed E-state index contributed by atoms with van der Waals surface area (Å²) in [7, 11) is 2.03. The van der Waals surface area contributed by atoms with Crippen LogP contribution in [0.4, 0.5) is 0 Å². The Labute approximate surface area is 120 Å². The van der Waals surface area contributed by atoms with Gasteiger partial charge in [0.15, 0.2) is 0 Å². The smallest absolute Gasteiger partial charge is 0.133 e. The fourth-order valence-electron chi connectivity index (χ4n) is 3.08. The predicted molar refractivity (Wildman–Crippen MR) is 78.3 cm³/mol. The summed E-state index contributed by atoms with van der Waals surface area (Å²) in [4.78, 5) is 4.48. The summed E-state index contributed by atoms with van der Waals surface area (Å²) in [6.45, 7) is 3.32. The Morgan fingerprint density at radius 3 is 2.85 bits per heavy atom. The van der Waals surface area contributed by atoms with Gasteiger partial charge in [-0.05, 0) is 36.8 Å². The van der Waals surface area contributed by atoms with Crippen molar-refractivity contribution in [2.24, 2.45) is 12.5 Å². The van der Waals surface area contributed by atoms with Crippen molar-refractivity contribution in [2.75, 3.05) is 6.54 Å². The third-order valence-corrected chi connectivity index (χ3v) is 4.79. The molecule has 3 rings (SSSR count). The number of nitrogens with zero attached hydrogens (tertiary/aromatic N) is 2. The molecule has 0 radical (unpaired) electrons. The van der Waals surface area contributed by atoms with Gasteiger partial charge in [-0.1, -0.05) is 13.3 Å². The molecule has 0 saturated heterocycles. The quantitative estimate of drug-likeness (QED) is 0.878. The molecule has 2 aromatic heterocycles. The molecule has 1 fully saturated rings. The fourth-order valence-corrected chi connectivity index (χ4v) is 3.08. The van der Waals surface area contributed by atoms with E-state index in [-0.39, 0.29) is 6.04 Å². The minimum absolute atomic E-state index is 0.0361. The van der Waals surface area contributed by atoms with Crippen LogP contribution in [0.5, 0.6) is 0 Å². The molecule has 0 aliphatic heterocycles. The first kappa shape index (κ1) is 13.4. The molecule has 0 aromatic carbocycles. The van der Waals surface area contributed by atoms with E-state index in [1.54, 1.807) is 6.26 Å². The number of aromatic nitrogens is 2. The van der Waals surface area contributed by atoms with Crippen molar-refractivity contribution in [1.29, 1.82) is 0 Å². The molecule has 1 unspecified atom stereocenters. The van der Waals surface area contributed by atoms with Gasteiger partial charge < -0.3 is 14.3 Å². The second-order valence-electron chi connectivity index (χ2n) is 5.93. The van der Waals surface area contributed by atoms with Crippen molar-refractivity contribution in [2.45, 2.75) is 38.6 Å². The summed E-state index contributed by atoms with van der Waals surface area (Å²) in [5, 5.41) is 3.68. The van der Waals surface area contributed by atoms with Gasteiger partial charge in [0.25, 0.3) is 0 Å². The van der Waals surface area contributed by atoms with E-state index in [9.17, 15) is 0 Å². The molecule has 20 heavy (non-hydrogen) atoms. The molecular weight excluding hydrogens is 250 g/mol. The summed E-state index contributed by atoms with van der Waals surface area (Å²) in [6.07, 6.45) is 10.8. The van der Waals surface area contributed by atoms with Crippen molar-refractivity contribution < 1.29 is 4.42 Å². The second kappa shape index (κ2) is 5.44. The van der Waals surface area contributed by atoms with Crippen LogP contribution < -0.4 is 5.32 Å². The first-order valence-electron chi connectivity index (χ1n) is 7.48. The summed E-state index contributed by atoms with van der Waals surface area (Å²) in [5.74, 6) is 1.94. The number of nitrogens with one attached hydrogen (secondary N) is 1. The van der Waals surface area contributed by atoms with Crippen molar-refractivity contribution >= 4 is 0 Å². The maximum absolute atomic E-state index is 5.61. The zero-order valence-corrected chi connectivity index (χ0v) is 12.3. The van der Waals surface area contributed by atoms with Gasteiger partial charge in [0.2, 0.25) is 0 Å². The average Bonchev–Trinajstić information content (AvgIpc) is 3.05. The van der Waals surface area contributed by atoms with E-state index in [0.717, 1.165) is 18.1 Å². The first-order chi connectivity index (χ1) is 9.74. The molecule has 1 aliphatic rings. The number of rotatable bonds is 6. The van der Waals surface area contributed by atoms with Crippen LogP contribution in [0.1, 0.15) is 50.2 Å². The van der Waals surface area contributed by atoms with Crippen molar-refractivity contribution in [3.63, 3.8) is 0 Å². The lowest BCUT2D eigenvalue weighted by Crippen LogP contribution is -2.41. The third-order valence-electron chi connectivity index (χ3n) is 4.79. The molecule has 1 saturated carbocycles. The minimum atomic E-state index is 0.0361. The normalized spacial score (nSPS) is 18.7. The summed E-state index contributed by atoms with van der Waals surface area (Å²) in [6, 6.07) is 3.99. The van der Waals surface area contributed by atoms with Crippen LogP contribution in [0.2, 0.25) is 0 Å². The maximum atomic E-state index is 5.61. The molecule has 2 aromatic rings. The highest BCUT2D eigenvalue weighted by Gasteiger charge is 2.36. The van der Waals surface area contributed by atoms with Crippen molar-refractivity contribution in [3.8, 4) is 0 Å². The van der Waals surface area contributed by atoms with Gasteiger partial charge in [-0.3, -0.25) is 0 Å². The van der Waals surface area contributed by atoms with Crippen LogP contribution in [0.15, 0.2) is 35.2 Å². The monoisotopic (exact) mass is 273 g/mol. The summed E-state index contributed by atoms with van der Waals surface area (Å²) >= 11 is 0. The van der Waals surface area contributed by atoms with Gasteiger partial charge in [0.05, 0.1) is 6.26 Å². The van der Waals surface area contributed by atoms with E-state index >= 15 is 0 Å².